The zero-order valence-electron chi connectivity index (χ0n) is 14.5. The number of aliphatic hydroxyl groups is 1. The maximum Gasteiger partial charge on any atom is 0.253 e. The highest BCUT2D eigenvalue weighted by molar-refractivity contribution is 6.42. The van der Waals surface area contributed by atoms with E-state index in [1.807, 2.05) is 0 Å². The molecule has 1 N–H and O–H groups in total. The highest BCUT2D eigenvalue weighted by atomic mass is 35.5. The molecule has 0 aromatic heterocycles. The monoisotopic (exact) mass is 386 g/mol. The maximum absolute atomic E-state index is 12.7. The van der Waals surface area contributed by atoms with Gasteiger partial charge in [0.25, 0.3) is 5.91 Å². The molecular formula is C18H24Cl2N2O3. The van der Waals surface area contributed by atoms with E-state index in [4.69, 9.17) is 23.2 Å². The van der Waals surface area contributed by atoms with Crippen molar-refractivity contribution in [2.24, 2.45) is 5.92 Å². The summed E-state index contributed by atoms with van der Waals surface area (Å²) in [6, 6.07) is 4.58. The van der Waals surface area contributed by atoms with Crippen molar-refractivity contribution in [2.75, 3.05) is 26.2 Å². The fraction of sp³-hybridized carbons (Fsp3) is 0.556. The molecule has 0 bridgehead atoms. The van der Waals surface area contributed by atoms with Gasteiger partial charge in [-0.1, -0.05) is 37.0 Å². The third kappa shape index (κ3) is 5.09. The van der Waals surface area contributed by atoms with Crippen molar-refractivity contribution in [3.05, 3.63) is 33.8 Å². The molecule has 7 heteroatoms. The zero-order valence-corrected chi connectivity index (χ0v) is 16.1. The van der Waals surface area contributed by atoms with Gasteiger partial charge in [0, 0.05) is 31.6 Å². The van der Waals surface area contributed by atoms with Crippen molar-refractivity contribution in [3.8, 4) is 0 Å². The normalized spacial score (nSPS) is 17.0. The topological polar surface area (TPSA) is 60.9 Å². The van der Waals surface area contributed by atoms with E-state index in [1.54, 1.807) is 28.0 Å². The minimum Gasteiger partial charge on any atom is -0.394 e. The molecule has 2 amide bonds. The van der Waals surface area contributed by atoms with Crippen molar-refractivity contribution in [2.45, 2.75) is 32.7 Å². The second-order valence-corrected chi connectivity index (χ2v) is 7.54. The van der Waals surface area contributed by atoms with Crippen LogP contribution in [0.4, 0.5) is 0 Å². The van der Waals surface area contributed by atoms with Crippen LogP contribution in [0.5, 0.6) is 0 Å². The number of nitrogens with zero attached hydrogens (tertiary/aromatic N) is 2. The number of hydrogen-bond acceptors (Lipinski definition) is 3. The molecule has 138 valence electrons. The van der Waals surface area contributed by atoms with Crippen LogP contribution in [0.3, 0.4) is 0 Å². The lowest BCUT2D eigenvalue weighted by Gasteiger charge is -2.30. The summed E-state index contributed by atoms with van der Waals surface area (Å²) in [5, 5.41) is 10.4. The van der Waals surface area contributed by atoms with Gasteiger partial charge in [-0.05, 0) is 30.5 Å². The molecule has 1 atom stereocenters. The number of carbonyl (C=O) groups excluding carboxylic acids is 2. The van der Waals surface area contributed by atoms with Crippen molar-refractivity contribution >= 4 is 35.0 Å². The van der Waals surface area contributed by atoms with Crippen LogP contribution in [-0.2, 0) is 4.79 Å². The van der Waals surface area contributed by atoms with E-state index < -0.39 is 0 Å². The van der Waals surface area contributed by atoms with E-state index >= 15 is 0 Å². The van der Waals surface area contributed by atoms with E-state index in [0.717, 1.165) is 6.42 Å². The van der Waals surface area contributed by atoms with Crippen molar-refractivity contribution in [1.29, 1.82) is 0 Å². The molecule has 1 aromatic carbocycles. The molecule has 1 aromatic rings. The molecule has 1 fully saturated rings. The van der Waals surface area contributed by atoms with E-state index in [1.165, 1.54) is 0 Å². The van der Waals surface area contributed by atoms with Crippen LogP contribution < -0.4 is 0 Å². The second-order valence-electron chi connectivity index (χ2n) is 6.72. The van der Waals surface area contributed by atoms with E-state index in [0.29, 0.717) is 41.2 Å². The standard InChI is InChI=1S/C18H24Cl2N2O3/c1-12(2)9-14(11-23)22-8-7-21(6-5-17(22)24)18(25)13-3-4-15(19)16(20)10-13/h3-4,10,12,14,23H,5-9,11H2,1-2H3/t14-/m0/s1. The van der Waals surface area contributed by atoms with Crippen LogP contribution in [0.2, 0.25) is 10.0 Å². The highest BCUT2D eigenvalue weighted by Crippen LogP contribution is 2.24. The Morgan fingerprint density at radius 1 is 1.20 bits per heavy atom. The molecule has 0 aliphatic carbocycles. The predicted molar refractivity (Wildman–Crippen MR) is 99.0 cm³/mol. The van der Waals surface area contributed by atoms with Gasteiger partial charge in [-0.25, -0.2) is 0 Å². The fourth-order valence-corrected chi connectivity index (χ4v) is 3.38. The quantitative estimate of drug-likeness (QED) is 0.845. The van der Waals surface area contributed by atoms with Crippen molar-refractivity contribution in [3.63, 3.8) is 0 Å². The fourth-order valence-electron chi connectivity index (χ4n) is 3.08. The van der Waals surface area contributed by atoms with Crippen molar-refractivity contribution < 1.29 is 14.7 Å². The van der Waals surface area contributed by atoms with Gasteiger partial charge in [-0.15, -0.1) is 0 Å². The maximum atomic E-state index is 12.7. The number of hydrogen-bond donors (Lipinski definition) is 1. The van der Waals surface area contributed by atoms with E-state index in [-0.39, 0.29) is 30.9 Å². The summed E-state index contributed by atoms with van der Waals surface area (Å²) in [4.78, 5) is 28.5. The zero-order chi connectivity index (χ0) is 18.6. The lowest BCUT2D eigenvalue weighted by Crippen LogP contribution is -2.44. The summed E-state index contributed by atoms with van der Waals surface area (Å²) >= 11 is 11.9. The Morgan fingerprint density at radius 3 is 2.52 bits per heavy atom. The molecule has 1 aliphatic heterocycles. The molecule has 0 unspecified atom stereocenters. The minimum atomic E-state index is -0.201. The molecule has 5 nitrogen and oxygen atoms in total. The first-order valence-corrected chi connectivity index (χ1v) is 9.23. The third-order valence-corrected chi connectivity index (χ3v) is 5.11. The van der Waals surface area contributed by atoms with Crippen LogP contribution in [0.15, 0.2) is 18.2 Å². The number of rotatable bonds is 5. The number of amides is 2. The predicted octanol–water partition coefficient (Wildman–Crippen LogP) is 3.07. The smallest absolute Gasteiger partial charge is 0.253 e. The van der Waals surface area contributed by atoms with Gasteiger partial charge >= 0.3 is 0 Å². The van der Waals surface area contributed by atoms with Gasteiger partial charge < -0.3 is 14.9 Å². The van der Waals surface area contributed by atoms with Crippen LogP contribution >= 0.6 is 23.2 Å². The molecule has 1 aliphatic rings. The first kappa shape index (κ1) is 20.0. The Bertz CT molecular complexity index is 637. The van der Waals surface area contributed by atoms with Gasteiger partial charge in [-0.2, -0.15) is 0 Å². The molecule has 0 radical (unpaired) electrons. The van der Waals surface area contributed by atoms with Gasteiger partial charge in [0.2, 0.25) is 5.91 Å². The summed E-state index contributed by atoms with van der Waals surface area (Å²) in [5.41, 5.74) is 0.455. The SMILES string of the molecule is CC(C)C[C@@H](CO)N1CCN(C(=O)c2ccc(Cl)c(Cl)c2)CCC1=O. The minimum absolute atomic E-state index is 0.0239. The highest BCUT2D eigenvalue weighted by Gasteiger charge is 2.29. The largest absolute Gasteiger partial charge is 0.394 e. The molecule has 25 heavy (non-hydrogen) atoms. The Labute approximate surface area is 158 Å². The summed E-state index contributed by atoms with van der Waals surface area (Å²) in [6.45, 7) is 5.26. The third-order valence-electron chi connectivity index (χ3n) is 4.38. The number of aliphatic hydroxyl groups excluding tert-OH is 1. The lowest BCUT2D eigenvalue weighted by atomic mass is 10.0. The van der Waals surface area contributed by atoms with Gasteiger partial charge in [-0.3, -0.25) is 9.59 Å². The van der Waals surface area contributed by atoms with E-state index in [9.17, 15) is 14.7 Å². The second kappa shape index (κ2) is 8.88. The van der Waals surface area contributed by atoms with Crippen molar-refractivity contribution in [1.82, 2.24) is 9.80 Å². The van der Waals surface area contributed by atoms with Gasteiger partial charge in [0.15, 0.2) is 0 Å². The van der Waals surface area contributed by atoms with Crippen LogP contribution in [0.25, 0.3) is 0 Å². The first-order chi connectivity index (χ1) is 11.8. The molecule has 1 heterocycles. The summed E-state index contributed by atoms with van der Waals surface area (Å²) < 4.78 is 0. The Balaban J connectivity index is 2.10. The molecule has 0 spiro atoms. The van der Waals surface area contributed by atoms with Crippen LogP contribution in [0.1, 0.15) is 37.0 Å². The number of carbonyl (C=O) groups is 2. The van der Waals surface area contributed by atoms with Gasteiger partial charge in [0.1, 0.15) is 0 Å². The Morgan fingerprint density at radius 2 is 1.92 bits per heavy atom. The molecule has 2 rings (SSSR count). The van der Waals surface area contributed by atoms with Crippen LogP contribution in [0, 0.1) is 5.92 Å². The van der Waals surface area contributed by atoms with E-state index in [2.05, 4.69) is 13.8 Å². The summed E-state index contributed by atoms with van der Waals surface area (Å²) in [6.07, 6.45) is 0.991. The molecule has 1 saturated heterocycles. The first-order valence-electron chi connectivity index (χ1n) is 8.48. The Hall–Kier alpha value is -1.30. The molecule has 0 saturated carbocycles. The number of halogens is 2. The number of benzene rings is 1. The van der Waals surface area contributed by atoms with Crippen LogP contribution in [-0.4, -0.2) is 59.0 Å². The average molecular weight is 387 g/mol. The Kier molecular flexibility index (Phi) is 7.11. The lowest BCUT2D eigenvalue weighted by molar-refractivity contribution is -0.133. The van der Waals surface area contributed by atoms with Gasteiger partial charge in [0.05, 0.1) is 22.7 Å². The average Bonchev–Trinajstić information content (AvgIpc) is 2.76. The summed E-state index contributed by atoms with van der Waals surface area (Å²) in [5.74, 6) is 0.184. The summed E-state index contributed by atoms with van der Waals surface area (Å²) in [7, 11) is 0. The molecular weight excluding hydrogens is 363 g/mol.